The van der Waals surface area contributed by atoms with E-state index in [0.29, 0.717) is 113 Å². The highest BCUT2D eigenvalue weighted by atomic mass is 16.5. The van der Waals surface area contributed by atoms with Crippen molar-refractivity contribution < 1.29 is 38.4 Å². The minimum absolute atomic E-state index is 0.108. The van der Waals surface area contributed by atoms with Crippen molar-refractivity contribution in [3.05, 3.63) is 262 Å². The minimum atomic E-state index is -1.04. The summed E-state index contributed by atoms with van der Waals surface area (Å²) < 4.78 is 21.9. The molecule has 12 rings (SSSR count). The van der Waals surface area contributed by atoms with Crippen LogP contribution in [0.2, 0.25) is 0 Å². The van der Waals surface area contributed by atoms with Crippen LogP contribution in [-0.4, -0.2) is 89.2 Å². The summed E-state index contributed by atoms with van der Waals surface area (Å²) in [5, 5.41) is 31.6. The average molecular weight is 1420 g/mol. The summed E-state index contributed by atoms with van der Waals surface area (Å²) in [7, 11) is 0. The fourth-order valence-corrected chi connectivity index (χ4v) is 11.1. The number of carboxylic acids is 1. The van der Waals surface area contributed by atoms with Gasteiger partial charge in [-0.2, -0.15) is 5.26 Å². The van der Waals surface area contributed by atoms with E-state index in [1.54, 1.807) is 97.6 Å². The van der Waals surface area contributed by atoms with Crippen LogP contribution in [0.25, 0.3) is 45.0 Å². The van der Waals surface area contributed by atoms with Crippen LogP contribution in [0.15, 0.2) is 207 Å². The molecule has 0 atom stereocenters. The third kappa shape index (κ3) is 21.9. The van der Waals surface area contributed by atoms with Gasteiger partial charge < -0.3 is 56.8 Å². The molecule has 4 aromatic heterocycles. The summed E-state index contributed by atoms with van der Waals surface area (Å²) in [5.41, 5.74) is 28.7. The lowest BCUT2D eigenvalue weighted by Gasteiger charge is -2.11. The monoisotopic (exact) mass is 1420 g/mol. The van der Waals surface area contributed by atoms with Gasteiger partial charge in [0.05, 0.1) is 65.9 Å². The first-order chi connectivity index (χ1) is 51.2. The molecule has 9 N–H and O–H groups in total. The predicted octanol–water partition coefficient (Wildman–Crippen LogP) is 17.2. The Kier molecular flexibility index (Phi) is 27.0. The van der Waals surface area contributed by atoms with Gasteiger partial charge in [-0.25, -0.2) is 44.7 Å². The number of carbonyl (C=O) groups is 3. The van der Waals surface area contributed by atoms with Crippen molar-refractivity contribution in [3.8, 4) is 74.1 Å². The number of amides is 2. The van der Waals surface area contributed by atoms with Gasteiger partial charge in [0.15, 0.2) is 0 Å². The highest BCUT2D eigenvalue weighted by Crippen LogP contribution is 2.32. The number of carboxylic acid groups (broad SMARTS) is 1. The highest BCUT2D eigenvalue weighted by molar-refractivity contribution is 5.98. The SMILES string of the molecule is CCCOc1ccc(-c2ccnc(Nc3ccccc3)n2)cc1C(N)=O.CCOc1ccc(-c2ccnc(Nc3cc(C)cc(C)c3)n2)cc1C#N.CCOc1ccc(-c2ccnc(Nc3cc(C)cc(C)c3)n2)cc1C(=O)O.CCOc1ccc(-c2ccnc(Nc3cc(C)cc(C)c3)n2)cc1C(N)=O. The van der Waals surface area contributed by atoms with Crippen LogP contribution in [-0.2, 0) is 0 Å². The highest BCUT2D eigenvalue weighted by Gasteiger charge is 2.18. The number of nitrogens with one attached hydrogen (secondary N) is 4. The number of nitrogens with two attached hydrogens (primary N) is 2. The molecular weight excluding hydrogens is 1340 g/mol. The summed E-state index contributed by atoms with van der Waals surface area (Å²) in [5.74, 6) is 1.69. The van der Waals surface area contributed by atoms with Gasteiger partial charge in [0.2, 0.25) is 23.8 Å². The number of para-hydroxylation sites is 1. The van der Waals surface area contributed by atoms with E-state index in [1.165, 1.54) is 11.1 Å². The Bertz CT molecular complexity index is 4890. The molecule has 23 heteroatoms. The number of benzene rings is 8. The Hall–Kier alpha value is -13.6. The number of rotatable bonds is 24. The molecule has 0 unspecified atom stereocenters. The number of hydrogen-bond acceptors (Lipinski definition) is 20. The third-order valence-electron chi connectivity index (χ3n) is 15.4. The molecule has 538 valence electrons. The van der Waals surface area contributed by atoms with Crippen LogP contribution in [0.1, 0.15) is 104 Å². The number of carbonyl (C=O) groups excluding carboxylic acids is 2. The molecule has 0 spiro atoms. The molecule has 4 heterocycles. The van der Waals surface area contributed by atoms with E-state index in [4.69, 9.17) is 30.4 Å². The van der Waals surface area contributed by atoms with Crippen LogP contribution < -0.4 is 51.7 Å². The van der Waals surface area contributed by atoms with Gasteiger partial charge in [0, 0.05) is 69.8 Å². The topological polar surface area (TPSA) is 335 Å². The Morgan fingerprint density at radius 3 is 1.03 bits per heavy atom. The molecule has 0 aliphatic carbocycles. The summed E-state index contributed by atoms with van der Waals surface area (Å²) in [4.78, 5) is 70.3. The van der Waals surface area contributed by atoms with Crippen LogP contribution in [0.4, 0.5) is 46.5 Å². The van der Waals surface area contributed by atoms with E-state index in [9.17, 15) is 24.8 Å². The zero-order valence-corrected chi connectivity index (χ0v) is 60.7. The van der Waals surface area contributed by atoms with E-state index in [1.807, 2.05) is 146 Å². The van der Waals surface area contributed by atoms with E-state index < -0.39 is 17.8 Å². The van der Waals surface area contributed by atoms with Gasteiger partial charge in [-0.15, -0.1) is 0 Å². The Morgan fingerprint density at radius 1 is 0.387 bits per heavy atom. The molecule has 0 saturated heterocycles. The zero-order valence-electron chi connectivity index (χ0n) is 60.7. The Labute approximate surface area is 616 Å². The lowest BCUT2D eigenvalue weighted by atomic mass is 10.1. The Balaban J connectivity index is 0.000000163. The average Bonchev–Trinajstić information content (AvgIpc) is 0.830. The number of aromatic nitrogens is 8. The molecule has 106 heavy (non-hydrogen) atoms. The molecule has 2 amide bonds. The number of nitrogens with zero attached hydrogens (tertiary/aromatic N) is 9. The van der Waals surface area contributed by atoms with Crippen LogP contribution in [0.5, 0.6) is 23.0 Å². The number of primary amides is 2. The number of nitriles is 1. The van der Waals surface area contributed by atoms with Crippen molar-refractivity contribution in [2.24, 2.45) is 11.5 Å². The number of anilines is 8. The van der Waals surface area contributed by atoms with Gasteiger partial charge in [-0.05, 0) is 248 Å². The summed E-state index contributed by atoms with van der Waals surface area (Å²) in [6.07, 6.45) is 7.53. The lowest BCUT2D eigenvalue weighted by molar-refractivity contribution is 0.0692. The van der Waals surface area contributed by atoms with Crippen molar-refractivity contribution >= 4 is 64.3 Å². The van der Waals surface area contributed by atoms with Crippen molar-refractivity contribution in [2.45, 2.75) is 75.7 Å². The Morgan fingerprint density at radius 2 is 0.698 bits per heavy atom. The molecule has 8 aromatic carbocycles. The second-order valence-corrected chi connectivity index (χ2v) is 24.2. The lowest BCUT2D eigenvalue weighted by Crippen LogP contribution is -2.13. The quantitative estimate of drug-likeness (QED) is 0.0295. The van der Waals surface area contributed by atoms with Gasteiger partial charge in [-0.3, -0.25) is 9.59 Å². The van der Waals surface area contributed by atoms with Gasteiger partial charge in [0.1, 0.15) is 34.6 Å². The smallest absolute Gasteiger partial charge is 0.339 e. The van der Waals surface area contributed by atoms with Crippen molar-refractivity contribution in [3.63, 3.8) is 0 Å². The molecular formula is C83H83N15O8. The molecule has 0 saturated carbocycles. The standard InChI is InChI=1S/C21H22N4O2.C21H20N4O.C21H21N3O3.C20H20N4O2/c1-4-27-19-6-5-15(12-17(19)20(22)26)18-7-8-23-21(25-18)24-16-10-13(2)9-14(3)11-16;1-4-26-20-6-5-16(12-17(20)13-22)19-7-8-23-21(25-19)24-18-10-14(2)9-15(3)11-18;1-4-27-19-6-5-15(12-17(19)20(25)26)18-7-8-22-21(24-18)23-16-10-13(2)9-14(3)11-16;1-2-12-26-18-9-8-14(13-16(18)19(21)25)17-10-11-22-20(24-17)23-15-6-4-3-5-7-15/h5-12H,4H2,1-3H3,(H2,22,26)(H,23,24,25);5-12H,4H2,1-3H3,(H,23,24,25);5-12H,4H2,1-3H3,(H,25,26)(H,22,23,24);3-11,13H,2,12H2,1H3,(H2,21,25)(H,22,23,24). The molecule has 0 aliphatic heterocycles. The maximum absolute atomic E-state index is 11.8. The maximum Gasteiger partial charge on any atom is 0.339 e. The molecule has 0 fully saturated rings. The molecule has 0 aliphatic rings. The summed E-state index contributed by atoms with van der Waals surface area (Å²) in [6.45, 7) is 21.7. The first-order valence-electron chi connectivity index (χ1n) is 34.2. The maximum atomic E-state index is 11.8. The van der Waals surface area contributed by atoms with E-state index in [-0.39, 0.29) is 5.56 Å². The number of hydrogen-bond donors (Lipinski definition) is 7. The molecule has 0 radical (unpaired) electrons. The number of ether oxygens (including phenoxy) is 4. The van der Waals surface area contributed by atoms with Crippen molar-refractivity contribution in [2.75, 3.05) is 47.7 Å². The van der Waals surface area contributed by atoms with Crippen LogP contribution >= 0.6 is 0 Å². The van der Waals surface area contributed by atoms with E-state index in [0.717, 1.165) is 73.8 Å². The molecule has 12 aromatic rings. The minimum Gasteiger partial charge on any atom is -0.493 e. The van der Waals surface area contributed by atoms with E-state index >= 15 is 0 Å². The second kappa shape index (κ2) is 37.3. The van der Waals surface area contributed by atoms with Crippen LogP contribution in [0.3, 0.4) is 0 Å². The van der Waals surface area contributed by atoms with Gasteiger partial charge in [-0.1, -0.05) is 43.3 Å². The predicted molar refractivity (Wildman–Crippen MR) is 415 cm³/mol. The number of aromatic carboxylic acids is 1. The molecule has 0 bridgehead atoms. The number of aryl methyl sites for hydroxylation is 6. The third-order valence-corrected chi connectivity index (χ3v) is 15.4. The van der Waals surface area contributed by atoms with Crippen LogP contribution in [0, 0.1) is 52.9 Å². The summed E-state index contributed by atoms with van der Waals surface area (Å²) >= 11 is 0. The molecule has 23 nitrogen and oxygen atoms in total. The first kappa shape index (κ1) is 76.6. The first-order valence-corrected chi connectivity index (χ1v) is 34.2. The van der Waals surface area contributed by atoms with E-state index in [2.05, 4.69) is 99.3 Å². The van der Waals surface area contributed by atoms with Gasteiger partial charge >= 0.3 is 5.97 Å². The second-order valence-electron chi connectivity index (χ2n) is 24.2. The largest absolute Gasteiger partial charge is 0.493 e. The fourth-order valence-electron chi connectivity index (χ4n) is 11.1. The van der Waals surface area contributed by atoms with Gasteiger partial charge in [0.25, 0.3) is 11.8 Å². The normalized spacial score (nSPS) is 10.4. The zero-order chi connectivity index (χ0) is 75.7. The fraction of sp³-hybridized carbons (Fsp3) is 0.181. The summed E-state index contributed by atoms with van der Waals surface area (Å²) in [6, 6.07) is 58.6. The van der Waals surface area contributed by atoms with Crippen molar-refractivity contribution in [1.29, 1.82) is 5.26 Å². The van der Waals surface area contributed by atoms with Crippen molar-refractivity contribution in [1.82, 2.24) is 39.9 Å².